The number of nitrogens with zero attached hydrogens (tertiary/aromatic N) is 1. The van der Waals surface area contributed by atoms with Crippen LogP contribution in [-0.4, -0.2) is 4.98 Å². The normalized spacial score (nSPS) is 13.0. The molecule has 0 amide bonds. The maximum Gasteiger partial charge on any atom is 0.169 e. The maximum absolute atomic E-state index is 6.00. The molecule has 74 valence electrons. The quantitative estimate of drug-likeness (QED) is 0.935. The first-order valence-corrected chi connectivity index (χ1v) is 5.80. The van der Waals surface area contributed by atoms with E-state index in [1.165, 1.54) is 4.88 Å². The third-order valence-electron chi connectivity index (χ3n) is 1.92. The fourth-order valence-electron chi connectivity index (χ4n) is 1.20. The third-order valence-corrected chi connectivity index (χ3v) is 3.14. The lowest BCUT2D eigenvalue weighted by Crippen LogP contribution is -2.11. The Morgan fingerprint density at radius 3 is 3.07 bits per heavy atom. The molecule has 2 rings (SSSR count). The number of thiazole rings is 1. The fourth-order valence-corrected chi connectivity index (χ4v) is 2.21. The number of halogens is 1. The minimum atomic E-state index is -0.0227. The zero-order valence-corrected chi connectivity index (χ0v) is 9.72. The van der Waals surface area contributed by atoms with Gasteiger partial charge in [-0.25, -0.2) is 0 Å². The van der Waals surface area contributed by atoms with Gasteiger partial charge in [-0.15, -0.1) is 11.3 Å². The van der Waals surface area contributed by atoms with Crippen molar-refractivity contribution in [3.63, 3.8) is 0 Å². The molecule has 0 aliphatic heterocycles. The van der Waals surface area contributed by atoms with Gasteiger partial charge in [-0.05, 0) is 22.0 Å². The summed E-state index contributed by atoms with van der Waals surface area (Å²) < 4.78 is 5.84. The largest absolute Gasteiger partial charge is 0.457 e. The number of rotatable bonds is 3. The van der Waals surface area contributed by atoms with Crippen LogP contribution in [0.1, 0.15) is 16.5 Å². The van der Waals surface area contributed by atoms with Crippen molar-refractivity contribution in [1.29, 1.82) is 0 Å². The Kier molecular flexibility index (Phi) is 3.00. The molecule has 3 nitrogen and oxygen atoms in total. The first kappa shape index (κ1) is 9.89. The summed E-state index contributed by atoms with van der Waals surface area (Å²) >= 11 is 4.87. The number of hydrogen-bond acceptors (Lipinski definition) is 4. The molecule has 2 aromatic rings. The lowest BCUT2D eigenvalue weighted by molar-refractivity contribution is 0.534. The van der Waals surface area contributed by atoms with Crippen LogP contribution in [0.2, 0.25) is 0 Å². The second-order valence-corrected chi connectivity index (χ2v) is 4.71. The van der Waals surface area contributed by atoms with Gasteiger partial charge >= 0.3 is 0 Å². The zero-order chi connectivity index (χ0) is 9.97. The standard InChI is InChI=1S/C9H9BrN2OS/c10-9-1-6(4-13-9)8(11)2-7-3-12-5-14-7/h1,3-5,8H,2,11H2. The first-order chi connectivity index (χ1) is 6.75. The second-order valence-electron chi connectivity index (χ2n) is 2.96. The van der Waals surface area contributed by atoms with Crippen LogP contribution >= 0.6 is 27.3 Å². The van der Waals surface area contributed by atoms with Crippen molar-refractivity contribution in [2.75, 3.05) is 0 Å². The van der Waals surface area contributed by atoms with E-state index in [9.17, 15) is 0 Å². The molecule has 0 fully saturated rings. The van der Waals surface area contributed by atoms with Crippen LogP contribution in [0.25, 0.3) is 0 Å². The molecule has 0 spiro atoms. The van der Waals surface area contributed by atoms with E-state index in [0.29, 0.717) is 4.67 Å². The van der Waals surface area contributed by atoms with Crippen molar-refractivity contribution in [2.24, 2.45) is 5.73 Å². The van der Waals surface area contributed by atoms with Gasteiger partial charge in [0.15, 0.2) is 4.67 Å². The van der Waals surface area contributed by atoms with Gasteiger partial charge in [-0.1, -0.05) is 0 Å². The maximum atomic E-state index is 6.00. The Hall–Kier alpha value is -0.650. The van der Waals surface area contributed by atoms with Gasteiger partial charge in [0, 0.05) is 29.1 Å². The van der Waals surface area contributed by atoms with E-state index < -0.39 is 0 Å². The van der Waals surface area contributed by atoms with Crippen LogP contribution in [0.4, 0.5) is 0 Å². The molecule has 1 atom stereocenters. The van der Waals surface area contributed by atoms with Crippen molar-refractivity contribution >= 4 is 27.3 Å². The lowest BCUT2D eigenvalue weighted by atomic mass is 10.1. The van der Waals surface area contributed by atoms with E-state index >= 15 is 0 Å². The molecule has 0 aliphatic carbocycles. The molecule has 0 bridgehead atoms. The highest BCUT2D eigenvalue weighted by Gasteiger charge is 2.10. The van der Waals surface area contributed by atoms with Crippen molar-refractivity contribution in [3.05, 3.63) is 39.1 Å². The molecule has 0 radical (unpaired) electrons. The minimum Gasteiger partial charge on any atom is -0.457 e. The summed E-state index contributed by atoms with van der Waals surface area (Å²) in [5, 5.41) is 0. The van der Waals surface area contributed by atoms with Crippen LogP contribution < -0.4 is 5.73 Å². The third kappa shape index (κ3) is 2.23. The minimum absolute atomic E-state index is 0.0227. The van der Waals surface area contributed by atoms with Gasteiger partial charge in [0.25, 0.3) is 0 Å². The molecule has 0 saturated carbocycles. The average Bonchev–Trinajstić information content (AvgIpc) is 2.75. The Bertz CT molecular complexity index is 399. The van der Waals surface area contributed by atoms with Gasteiger partial charge in [-0.3, -0.25) is 4.98 Å². The molecule has 0 aromatic carbocycles. The fraction of sp³-hybridized carbons (Fsp3) is 0.222. The highest BCUT2D eigenvalue weighted by atomic mass is 79.9. The van der Waals surface area contributed by atoms with Crippen molar-refractivity contribution < 1.29 is 4.42 Å². The molecule has 2 heterocycles. The number of nitrogens with two attached hydrogens (primary N) is 1. The van der Waals surface area contributed by atoms with Crippen molar-refractivity contribution in [2.45, 2.75) is 12.5 Å². The SMILES string of the molecule is NC(Cc1cncs1)c1coc(Br)c1. The predicted molar refractivity (Wildman–Crippen MR) is 59.2 cm³/mol. The van der Waals surface area contributed by atoms with Crippen molar-refractivity contribution in [1.82, 2.24) is 4.98 Å². The summed E-state index contributed by atoms with van der Waals surface area (Å²) in [6, 6.07) is 1.87. The highest BCUT2D eigenvalue weighted by molar-refractivity contribution is 9.10. The van der Waals surface area contributed by atoms with E-state index in [4.69, 9.17) is 10.2 Å². The van der Waals surface area contributed by atoms with E-state index in [1.807, 2.05) is 17.8 Å². The van der Waals surface area contributed by atoms with Gasteiger partial charge in [0.2, 0.25) is 0 Å². The van der Waals surface area contributed by atoms with Crippen LogP contribution in [0.3, 0.4) is 0 Å². The van der Waals surface area contributed by atoms with E-state index in [1.54, 1.807) is 17.6 Å². The monoisotopic (exact) mass is 272 g/mol. The molecule has 2 aromatic heterocycles. The molecular formula is C9H9BrN2OS. The summed E-state index contributed by atoms with van der Waals surface area (Å²) in [7, 11) is 0. The van der Waals surface area contributed by atoms with Crippen LogP contribution in [0, 0.1) is 0 Å². The second kappa shape index (κ2) is 4.25. The topological polar surface area (TPSA) is 52.0 Å². The average molecular weight is 273 g/mol. The molecule has 1 unspecified atom stereocenters. The van der Waals surface area contributed by atoms with Gasteiger partial charge in [0.05, 0.1) is 11.8 Å². The summed E-state index contributed by atoms with van der Waals surface area (Å²) in [6.07, 6.45) is 4.33. The van der Waals surface area contributed by atoms with Gasteiger partial charge < -0.3 is 10.2 Å². The summed E-state index contributed by atoms with van der Waals surface area (Å²) in [6.45, 7) is 0. The lowest BCUT2D eigenvalue weighted by Gasteiger charge is -2.05. The van der Waals surface area contributed by atoms with Crippen LogP contribution in [-0.2, 0) is 6.42 Å². The first-order valence-electron chi connectivity index (χ1n) is 4.12. The Labute approximate surface area is 94.1 Å². The Morgan fingerprint density at radius 2 is 2.50 bits per heavy atom. The summed E-state index contributed by atoms with van der Waals surface area (Å²) in [4.78, 5) is 5.19. The van der Waals surface area contributed by atoms with Gasteiger partial charge in [-0.2, -0.15) is 0 Å². The Morgan fingerprint density at radius 1 is 1.64 bits per heavy atom. The number of furan rings is 1. The van der Waals surface area contributed by atoms with Crippen LogP contribution in [0.5, 0.6) is 0 Å². The number of aromatic nitrogens is 1. The molecule has 0 saturated heterocycles. The number of hydrogen-bond donors (Lipinski definition) is 1. The molecule has 5 heteroatoms. The molecule has 2 N–H and O–H groups in total. The van der Waals surface area contributed by atoms with E-state index in [2.05, 4.69) is 20.9 Å². The van der Waals surface area contributed by atoms with Crippen molar-refractivity contribution in [3.8, 4) is 0 Å². The summed E-state index contributed by atoms with van der Waals surface area (Å²) in [5.74, 6) is 0. The smallest absolute Gasteiger partial charge is 0.169 e. The van der Waals surface area contributed by atoms with E-state index in [0.717, 1.165) is 12.0 Å². The molecule has 14 heavy (non-hydrogen) atoms. The summed E-state index contributed by atoms with van der Waals surface area (Å²) in [5.41, 5.74) is 8.82. The Balaban J connectivity index is 2.06. The highest BCUT2D eigenvalue weighted by Crippen LogP contribution is 2.22. The van der Waals surface area contributed by atoms with Crippen LogP contribution in [0.15, 0.2) is 33.1 Å². The van der Waals surface area contributed by atoms with Gasteiger partial charge in [0.1, 0.15) is 0 Å². The van der Waals surface area contributed by atoms with E-state index in [-0.39, 0.29) is 6.04 Å². The zero-order valence-electron chi connectivity index (χ0n) is 7.31. The predicted octanol–water partition coefficient (Wildman–Crippen LogP) is 2.74. The molecular weight excluding hydrogens is 264 g/mol. The molecule has 0 aliphatic rings.